The van der Waals surface area contributed by atoms with Gasteiger partial charge in [-0.2, -0.15) is 0 Å². The summed E-state index contributed by atoms with van der Waals surface area (Å²) in [6, 6.07) is 11.3. The molecule has 76 valence electrons. The number of hydrogen-bond donors (Lipinski definition) is 1. The van der Waals surface area contributed by atoms with Gasteiger partial charge in [0.2, 0.25) is 0 Å². The molecular formula is C12H18N2. The molecule has 0 radical (unpaired) electrons. The Morgan fingerprint density at radius 1 is 1.29 bits per heavy atom. The third kappa shape index (κ3) is 3.13. The largest absolute Gasteiger partial charge is 0.252 e. The minimum atomic E-state index is 0.595. The number of aryl methyl sites for hydroxylation is 1. The van der Waals surface area contributed by atoms with E-state index in [-0.39, 0.29) is 0 Å². The Kier molecular flexibility index (Phi) is 3.17. The standard InChI is InChI=1S/C12H18N2/c1-11(13-14-9-10-14)7-8-12-5-3-2-4-6-12/h2-6,11,13H,7-10H2,1H3. The lowest BCUT2D eigenvalue weighted by Crippen LogP contribution is -2.31. The van der Waals surface area contributed by atoms with Crippen molar-refractivity contribution in [3.63, 3.8) is 0 Å². The van der Waals surface area contributed by atoms with Crippen LogP contribution >= 0.6 is 0 Å². The molecule has 2 heteroatoms. The van der Waals surface area contributed by atoms with E-state index in [1.807, 2.05) is 0 Å². The fourth-order valence-corrected chi connectivity index (χ4v) is 1.58. The van der Waals surface area contributed by atoms with Crippen LogP contribution in [0.1, 0.15) is 18.9 Å². The fourth-order valence-electron chi connectivity index (χ4n) is 1.58. The molecule has 2 nitrogen and oxygen atoms in total. The van der Waals surface area contributed by atoms with Gasteiger partial charge in [-0.05, 0) is 25.3 Å². The van der Waals surface area contributed by atoms with E-state index < -0.39 is 0 Å². The van der Waals surface area contributed by atoms with Crippen LogP contribution in [0.5, 0.6) is 0 Å². The van der Waals surface area contributed by atoms with Crippen LogP contribution in [0.3, 0.4) is 0 Å². The lowest BCUT2D eigenvalue weighted by Gasteiger charge is -2.13. The Bertz CT molecular complexity index is 267. The fraction of sp³-hybridized carbons (Fsp3) is 0.500. The summed E-state index contributed by atoms with van der Waals surface area (Å²) in [6.07, 6.45) is 2.38. The lowest BCUT2D eigenvalue weighted by molar-refractivity contribution is 0.332. The second-order valence-electron chi connectivity index (χ2n) is 4.04. The average Bonchev–Trinajstić information content (AvgIpc) is 3.00. The summed E-state index contributed by atoms with van der Waals surface area (Å²) in [7, 11) is 0. The molecule has 1 N–H and O–H groups in total. The van der Waals surface area contributed by atoms with Gasteiger partial charge < -0.3 is 0 Å². The Morgan fingerprint density at radius 2 is 2.00 bits per heavy atom. The van der Waals surface area contributed by atoms with Crippen molar-refractivity contribution in [3.8, 4) is 0 Å². The minimum Gasteiger partial charge on any atom is -0.252 e. The van der Waals surface area contributed by atoms with E-state index in [9.17, 15) is 0 Å². The summed E-state index contributed by atoms with van der Waals surface area (Å²) in [6.45, 7) is 4.69. The van der Waals surface area contributed by atoms with Gasteiger partial charge in [0.05, 0.1) is 0 Å². The second-order valence-corrected chi connectivity index (χ2v) is 4.04. The van der Waals surface area contributed by atoms with Gasteiger partial charge in [0.15, 0.2) is 0 Å². The smallest absolute Gasteiger partial charge is 0.0273 e. The molecule has 1 aliphatic heterocycles. The zero-order valence-corrected chi connectivity index (χ0v) is 8.74. The van der Waals surface area contributed by atoms with Crippen LogP contribution in [0, 0.1) is 0 Å². The van der Waals surface area contributed by atoms with E-state index in [1.54, 1.807) is 0 Å². The Morgan fingerprint density at radius 3 is 2.64 bits per heavy atom. The van der Waals surface area contributed by atoms with Gasteiger partial charge in [-0.15, -0.1) is 0 Å². The molecule has 0 spiro atoms. The summed E-state index contributed by atoms with van der Waals surface area (Å²) < 4.78 is 0. The number of hydrogen-bond acceptors (Lipinski definition) is 2. The number of benzene rings is 1. The maximum atomic E-state index is 3.46. The van der Waals surface area contributed by atoms with E-state index in [1.165, 1.54) is 31.5 Å². The first-order chi connectivity index (χ1) is 6.84. The van der Waals surface area contributed by atoms with Gasteiger partial charge in [-0.1, -0.05) is 30.3 Å². The van der Waals surface area contributed by atoms with Crippen molar-refractivity contribution in [2.75, 3.05) is 13.1 Å². The summed E-state index contributed by atoms with van der Waals surface area (Å²) in [5.74, 6) is 0. The molecule has 1 heterocycles. The molecule has 1 aromatic rings. The van der Waals surface area contributed by atoms with Crippen molar-refractivity contribution in [1.82, 2.24) is 10.4 Å². The predicted molar refractivity (Wildman–Crippen MR) is 58.9 cm³/mol. The number of nitrogens with zero attached hydrogens (tertiary/aromatic N) is 1. The number of rotatable bonds is 5. The number of hydrazine groups is 1. The van der Waals surface area contributed by atoms with E-state index in [2.05, 4.69) is 47.7 Å². The Labute approximate surface area is 85.9 Å². The van der Waals surface area contributed by atoms with Crippen LogP contribution in [0.15, 0.2) is 30.3 Å². The molecule has 1 aromatic carbocycles. The average molecular weight is 190 g/mol. The summed E-state index contributed by atoms with van der Waals surface area (Å²) >= 11 is 0. The van der Waals surface area contributed by atoms with Gasteiger partial charge in [0.1, 0.15) is 0 Å². The first-order valence-corrected chi connectivity index (χ1v) is 5.39. The molecule has 1 aliphatic rings. The molecule has 14 heavy (non-hydrogen) atoms. The molecule has 0 amide bonds. The van der Waals surface area contributed by atoms with Crippen LogP contribution in [0.2, 0.25) is 0 Å². The summed E-state index contributed by atoms with van der Waals surface area (Å²) in [5.41, 5.74) is 4.89. The van der Waals surface area contributed by atoms with Crippen molar-refractivity contribution in [3.05, 3.63) is 35.9 Å². The second kappa shape index (κ2) is 4.58. The molecule has 0 saturated carbocycles. The van der Waals surface area contributed by atoms with Crippen LogP contribution in [-0.4, -0.2) is 24.1 Å². The minimum absolute atomic E-state index is 0.595. The molecule has 1 atom stereocenters. The van der Waals surface area contributed by atoms with Crippen LogP contribution < -0.4 is 5.43 Å². The third-order valence-corrected chi connectivity index (χ3v) is 2.56. The molecule has 0 aliphatic carbocycles. The van der Waals surface area contributed by atoms with Gasteiger partial charge in [0.25, 0.3) is 0 Å². The van der Waals surface area contributed by atoms with Crippen molar-refractivity contribution >= 4 is 0 Å². The van der Waals surface area contributed by atoms with Gasteiger partial charge in [-0.3, -0.25) is 5.43 Å². The first-order valence-electron chi connectivity index (χ1n) is 5.39. The van der Waals surface area contributed by atoms with Gasteiger partial charge in [-0.25, -0.2) is 5.01 Å². The number of nitrogens with one attached hydrogen (secondary N) is 1. The highest BCUT2D eigenvalue weighted by molar-refractivity contribution is 5.14. The van der Waals surface area contributed by atoms with E-state index >= 15 is 0 Å². The molecule has 2 rings (SSSR count). The summed E-state index contributed by atoms with van der Waals surface area (Å²) in [4.78, 5) is 0. The molecule has 0 bridgehead atoms. The SMILES string of the molecule is CC(CCc1ccccc1)NN1CC1. The maximum Gasteiger partial charge on any atom is 0.0273 e. The highest BCUT2D eigenvalue weighted by Crippen LogP contribution is 2.07. The molecule has 0 aromatic heterocycles. The highest BCUT2D eigenvalue weighted by atomic mass is 15.6. The van der Waals surface area contributed by atoms with E-state index in [4.69, 9.17) is 0 Å². The van der Waals surface area contributed by atoms with Crippen LogP contribution in [0.25, 0.3) is 0 Å². The van der Waals surface area contributed by atoms with Crippen LogP contribution in [-0.2, 0) is 6.42 Å². The van der Waals surface area contributed by atoms with Crippen molar-refractivity contribution in [2.24, 2.45) is 0 Å². The Balaban J connectivity index is 1.70. The quantitative estimate of drug-likeness (QED) is 0.712. The normalized spacial score (nSPS) is 18.1. The summed E-state index contributed by atoms with van der Waals surface area (Å²) in [5, 5.41) is 2.26. The van der Waals surface area contributed by atoms with Crippen molar-refractivity contribution in [1.29, 1.82) is 0 Å². The molecule has 1 fully saturated rings. The topological polar surface area (TPSA) is 15.0 Å². The van der Waals surface area contributed by atoms with E-state index in [0.29, 0.717) is 6.04 Å². The van der Waals surface area contributed by atoms with Crippen LogP contribution in [0.4, 0.5) is 0 Å². The lowest BCUT2D eigenvalue weighted by atomic mass is 10.1. The van der Waals surface area contributed by atoms with Gasteiger partial charge >= 0.3 is 0 Å². The molecule has 1 unspecified atom stereocenters. The zero-order chi connectivity index (χ0) is 9.80. The van der Waals surface area contributed by atoms with Crippen molar-refractivity contribution < 1.29 is 0 Å². The maximum absolute atomic E-state index is 3.46. The third-order valence-electron chi connectivity index (χ3n) is 2.56. The highest BCUT2D eigenvalue weighted by Gasteiger charge is 2.18. The van der Waals surface area contributed by atoms with E-state index in [0.717, 1.165) is 0 Å². The first kappa shape index (κ1) is 9.69. The Hall–Kier alpha value is -0.860. The predicted octanol–water partition coefficient (Wildman–Crippen LogP) is 1.83. The molecule has 1 saturated heterocycles. The monoisotopic (exact) mass is 190 g/mol. The molecular weight excluding hydrogens is 172 g/mol. The van der Waals surface area contributed by atoms with Gasteiger partial charge in [0, 0.05) is 19.1 Å². The van der Waals surface area contributed by atoms with Crippen molar-refractivity contribution in [2.45, 2.75) is 25.8 Å². The zero-order valence-electron chi connectivity index (χ0n) is 8.74.